The van der Waals surface area contributed by atoms with Crippen molar-refractivity contribution in [3.63, 3.8) is 0 Å². The van der Waals surface area contributed by atoms with Crippen LogP contribution < -0.4 is 5.32 Å². The molecular weight excluding hydrogens is 353 g/mol. The maximum atomic E-state index is 12.5. The SMILES string of the molecule is Cc1ccc(-c2nnsc2C(=O)Nc2cccc(Cl)c2Cl)cc1. The number of nitrogens with zero attached hydrogens (tertiary/aromatic N) is 2. The Balaban J connectivity index is 1.91. The third-order valence-electron chi connectivity index (χ3n) is 3.22. The van der Waals surface area contributed by atoms with Gasteiger partial charge in [-0.2, -0.15) is 0 Å². The highest BCUT2D eigenvalue weighted by Crippen LogP contribution is 2.31. The Morgan fingerprint density at radius 1 is 1.13 bits per heavy atom. The molecule has 0 fully saturated rings. The number of carbonyl (C=O) groups is 1. The van der Waals surface area contributed by atoms with Crippen LogP contribution in [0.15, 0.2) is 42.5 Å². The molecule has 23 heavy (non-hydrogen) atoms. The van der Waals surface area contributed by atoms with Gasteiger partial charge in [0.1, 0.15) is 10.6 Å². The number of aryl methyl sites for hydroxylation is 1. The van der Waals surface area contributed by atoms with Gasteiger partial charge in [-0.3, -0.25) is 4.79 Å². The summed E-state index contributed by atoms with van der Waals surface area (Å²) >= 11 is 13.1. The standard InChI is InChI=1S/C16H11Cl2N3OS/c1-9-5-7-10(8-6-9)14-15(23-21-20-14)16(22)19-12-4-2-3-11(17)13(12)18/h2-8H,1H3,(H,19,22). The first kappa shape index (κ1) is 15.9. The number of rotatable bonds is 3. The summed E-state index contributed by atoms with van der Waals surface area (Å²) in [6, 6.07) is 12.8. The number of anilines is 1. The molecule has 0 radical (unpaired) electrons. The molecule has 0 bridgehead atoms. The number of nitrogens with one attached hydrogen (secondary N) is 1. The van der Waals surface area contributed by atoms with Crippen molar-refractivity contribution in [2.75, 3.05) is 5.32 Å². The number of halogens is 2. The molecule has 0 aliphatic carbocycles. The molecule has 2 aromatic carbocycles. The Morgan fingerprint density at radius 3 is 2.61 bits per heavy atom. The Bertz CT molecular complexity index is 862. The number of carbonyl (C=O) groups excluding carboxylic acids is 1. The maximum Gasteiger partial charge on any atom is 0.269 e. The Morgan fingerprint density at radius 2 is 1.87 bits per heavy atom. The first-order valence-electron chi connectivity index (χ1n) is 6.71. The van der Waals surface area contributed by atoms with E-state index in [4.69, 9.17) is 23.2 Å². The summed E-state index contributed by atoms with van der Waals surface area (Å²) in [7, 11) is 0. The monoisotopic (exact) mass is 363 g/mol. The van der Waals surface area contributed by atoms with Crippen LogP contribution in [0.2, 0.25) is 10.0 Å². The van der Waals surface area contributed by atoms with Gasteiger partial charge in [-0.05, 0) is 30.6 Å². The predicted molar refractivity (Wildman–Crippen MR) is 94.5 cm³/mol. The fourth-order valence-electron chi connectivity index (χ4n) is 2.02. The molecule has 0 saturated heterocycles. The molecule has 116 valence electrons. The van der Waals surface area contributed by atoms with Crippen molar-refractivity contribution in [2.24, 2.45) is 0 Å². The topological polar surface area (TPSA) is 54.9 Å². The Kier molecular flexibility index (Phi) is 4.61. The normalized spacial score (nSPS) is 10.6. The molecule has 4 nitrogen and oxygen atoms in total. The van der Waals surface area contributed by atoms with E-state index in [-0.39, 0.29) is 5.91 Å². The molecule has 0 atom stereocenters. The molecule has 3 rings (SSSR count). The van der Waals surface area contributed by atoms with E-state index >= 15 is 0 Å². The molecule has 1 amide bonds. The van der Waals surface area contributed by atoms with Crippen LogP contribution in [0.1, 0.15) is 15.2 Å². The first-order chi connectivity index (χ1) is 11.1. The van der Waals surface area contributed by atoms with Gasteiger partial charge < -0.3 is 5.32 Å². The van der Waals surface area contributed by atoms with Crippen molar-refractivity contribution in [3.05, 3.63) is 63.0 Å². The van der Waals surface area contributed by atoms with E-state index in [2.05, 4.69) is 14.9 Å². The maximum absolute atomic E-state index is 12.5. The summed E-state index contributed by atoms with van der Waals surface area (Å²) in [5.74, 6) is -0.320. The van der Waals surface area contributed by atoms with Gasteiger partial charge >= 0.3 is 0 Å². The van der Waals surface area contributed by atoms with E-state index in [1.165, 1.54) is 0 Å². The van der Waals surface area contributed by atoms with Gasteiger partial charge in [0.15, 0.2) is 0 Å². The lowest BCUT2D eigenvalue weighted by Gasteiger charge is -2.07. The largest absolute Gasteiger partial charge is 0.320 e. The first-order valence-corrected chi connectivity index (χ1v) is 8.24. The molecule has 7 heteroatoms. The third kappa shape index (κ3) is 3.37. The molecule has 0 aliphatic rings. The second-order valence-corrected chi connectivity index (χ2v) is 6.41. The van der Waals surface area contributed by atoms with E-state index in [0.29, 0.717) is 26.3 Å². The Hall–Kier alpha value is -1.95. The van der Waals surface area contributed by atoms with E-state index in [9.17, 15) is 4.79 Å². The number of benzene rings is 2. The lowest BCUT2D eigenvalue weighted by molar-refractivity contribution is 0.103. The predicted octanol–water partition coefficient (Wildman–Crippen LogP) is 5.07. The summed E-state index contributed by atoms with van der Waals surface area (Å²) in [4.78, 5) is 12.9. The van der Waals surface area contributed by atoms with E-state index in [0.717, 1.165) is 22.7 Å². The highest BCUT2D eigenvalue weighted by Gasteiger charge is 2.19. The van der Waals surface area contributed by atoms with Gasteiger partial charge in [-0.15, -0.1) is 5.10 Å². The van der Waals surface area contributed by atoms with Gasteiger partial charge in [0.2, 0.25) is 0 Å². The van der Waals surface area contributed by atoms with Crippen LogP contribution in [-0.2, 0) is 0 Å². The zero-order valence-electron chi connectivity index (χ0n) is 12.0. The van der Waals surface area contributed by atoms with E-state index in [1.54, 1.807) is 18.2 Å². The van der Waals surface area contributed by atoms with Crippen LogP contribution in [0.5, 0.6) is 0 Å². The van der Waals surface area contributed by atoms with Crippen molar-refractivity contribution in [3.8, 4) is 11.3 Å². The van der Waals surface area contributed by atoms with Gasteiger partial charge in [0.25, 0.3) is 5.91 Å². The number of hydrogen-bond acceptors (Lipinski definition) is 4. The molecule has 0 spiro atoms. The zero-order chi connectivity index (χ0) is 16.4. The second kappa shape index (κ2) is 6.66. The molecule has 0 unspecified atom stereocenters. The fourth-order valence-corrected chi connectivity index (χ4v) is 2.95. The van der Waals surface area contributed by atoms with Gasteiger partial charge in [-0.1, -0.05) is 63.6 Å². The highest BCUT2D eigenvalue weighted by atomic mass is 35.5. The summed E-state index contributed by atoms with van der Waals surface area (Å²) in [5.41, 5.74) is 2.97. The van der Waals surface area contributed by atoms with Gasteiger partial charge in [-0.25, -0.2) is 0 Å². The summed E-state index contributed by atoms with van der Waals surface area (Å²) in [5, 5.41) is 7.50. The third-order valence-corrected chi connectivity index (χ3v) is 4.76. The fraction of sp³-hybridized carbons (Fsp3) is 0.0625. The van der Waals surface area contributed by atoms with Crippen LogP contribution in [0, 0.1) is 6.92 Å². The molecular formula is C16H11Cl2N3OS. The van der Waals surface area contributed by atoms with Crippen molar-refractivity contribution in [1.82, 2.24) is 9.59 Å². The van der Waals surface area contributed by atoms with Crippen LogP contribution in [0.25, 0.3) is 11.3 Å². The van der Waals surface area contributed by atoms with Crippen LogP contribution in [0.4, 0.5) is 5.69 Å². The minimum absolute atomic E-state index is 0.303. The molecule has 0 saturated carbocycles. The average Bonchev–Trinajstić information content (AvgIpc) is 3.02. The molecule has 1 N–H and O–H groups in total. The van der Waals surface area contributed by atoms with Crippen molar-refractivity contribution < 1.29 is 4.79 Å². The number of hydrogen-bond donors (Lipinski definition) is 1. The van der Waals surface area contributed by atoms with Crippen LogP contribution >= 0.6 is 34.7 Å². The highest BCUT2D eigenvalue weighted by molar-refractivity contribution is 7.08. The molecule has 0 aliphatic heterocycles. The summed E-state index contributed by atoms with van der Waals surface area (Å²) < 4.78 is 3.90. The summed E-state index contributed by atoms with van der Waals surface area (Å²) in [6.07, 6.45) is 0. The summed E-state index contributed by atoms with van der Waals surface area (Å²) in [6.45, 7) is 2.00. The zero-order valence-corrected chi connectivity index (χ0v) is 14.3. The van der Waals surface area contributed by atoms with E-state index in [1.807, 2.05) is 31.2 Å². The molecule has 1 aromatic heterocycles. The van der Waals surface area contributed by atoms with Gasteiger partial charge in [0, 0.05) is 5.56 Å². The van der Waals surface area contributed by atoms with Crippen LogP contribution in [0.3, 0.4) is 0 Å². The second-order valence-electron chi connectivity index (χ2n) is 4.87. The van der Waals surface area contributed by atoms with Crippen molar-refractivity contribution in [1.29, 1.82) is 0 Å². The minimum Gasteiger partial charge on any atom is -0.320 e. The molecule has 1 heterocycles. The minimum atomic E-state index is -0.320. The van der Waals surface area contributed by atoms with Gasteiger partial charge in [0.05, 0.1) is 15.7 Å². The number of aromatic nitrogens is 2. The quantitative estimate of drug-likeness (QED) is 0.706. The lowest BCUT2D eigenvalue weighted by Crippen LogP contribution is -2.11. The number of amides is 1. The molecule has 3 aromatic rings. The van der Waals surface area contributed by atoms with Crippen molar-refractivity contribution in [2.45, 2.75) is 6.92 Å². The Labute approximate surface area is 147 Å². The van der Waals surface area contributed by atoms with E-state index < -0.39 is 0 Å². The van der Waals surface area contributed by atoms with Crippen LogP contribution in [-0.4, -0.2) is 15.5 Å². The van der Waals surface area contributed by atoms with Crippen molar-refractivity contribution >= 4 is 46.3 Å². The smallest absolute Gasteiger partial charge is 0.269 e. The lowest BCUT2D eigenvalue weighted by atomic mass is 10.1. The average molecular weight is 364 g/mol.